The first-order valence-electron chi connectivity index (χ1n) is 6.76. The molecule has 0 aromatic carbocycles. The molecular weight excluding hydrogens is 228 g/mol. The summed E-state index contributed by atoms with van der Waals surface area (Å²) in [4.78, 5) is 12.4. The third-order valence-electron chi connectivity index (χ3n) is 4.98. The van der Waals surface area contributed by atoms with E-state index in [0.717, 1.165) is 17.6 Å². The fourth-order valence-electron chi connectivity index (χ4n) is 3.75. The number of carbonyl (C=O) groups excluding carboxylic acids is 1. The molecular formula is C15H24O3. The number of Topliss-reactive ketones (excluding diaryl/α,β-unsaturated/α-hetero) is 1. The number of carbonyl (C=O) groups is 1. The van der Waals surface area contributed by atoms with Gasteiger partial charge in [0.05, 0.1) is 6.10 Å². The van der Waals surface area contributed by atoms with Crippen molar-refractivity contribution in [2.45, 2.75) is 53.1 Å². The summed E-state index contributed by atoms with van der Waals surface area (Å²) in [6.07, 6.45) is 1.59. The van der Waals surface area contributed by atoms with Gasteiger partial charge in [0, 0.05) is 17.9 Å². The molecule has 2 aliphatic carbocycles. The van der Waals surface area contributed by atoms with Gasteiger partial charge in [0.25, 0.3) is 0 Å². The molecule has 1 saturated carbocycles. The Kier molecular flexibility index (Phi) is 3.19. The molecule has 0 amide bonds. The van der Waals surface area contributed by atoms with Gasteiger partial charge in [-0.1, -0.05) is 26.3 Å². The van der Waals surface area contributed by atoms with Crippen LogP contribution in [0.25, 0.3) is 0 Å². The fourth-order valence-corrected chi connectivity index (χ4v) is 3.75. The number of aliphatic hydroxyl groups is 2. The van der Waals surface area contributed by atoms with Crippen molar-refractivity contribution >= 4 is 5.78 Å². The van der Waals surface area contributed by atoms with E-state index in [2.05, 4.69) is 13.8 Å². The fraction of sp³-hybridized carbons (Fsp3) is 0.800. The van der Waals surface area contributed by atoms with Crippen LogP contribution in [0.3, 0.4) is 0 Å². The summed E-state index contributed by atoms with van der Waals surface area (Å²) < 4.78 is 0. The average Bonchev–Trinajstić information content (AvgIpc) is 2.50. The largest absolute Gasteiger partial charge is 0.396 e. The smallest absolute Gasteiger partial charge is 0.164 e. The number of ketones is 1. The second kappa shape index (κ2) is 4.17. The summed E-state index contributed by atoms with van der Waals surface area (Å²) >= 11 is 0. The maximum absolute atomic E-state index is 12.4. The molecule has 0 unspecified atom stereocenters. The minimum absolute atomic E-state index is 0.0249. The van der Waals surface area contributed by atoms with E-state index in [1.165, 1.54) is 0 Å². The highest BCUT2D eigenvalue weighted by Gasteiger charge is 2.52. The van der Waals surface area contributed by atoms with E-state index in [1.807, 2.05) is 13.8 Å². The van der Waals surface area contributed by atoms with Gasteiger partial charge in [0.1, 0.15) is 0 Å². The summed E-state index contributed by atoms with van der Waals surface area (Å²) in [5.74, 6) is 0.252. The van der Waals surface area contributed by atoms with Crippen LogP contribution in [0, 0.1) is 16.7 Å². The molecule has 3 nitrogen and oxygen atoms in total. The zero-order valence-corrected chi connectivity index (χ0v) is 11.8. The normalized spacial score (nSPS) is 39.1. The van der Waals surface area contributed by atoms with Crippen molar-refractivity contribution in [3.8, 4) is 0 Å². The number of hydrogen-bond donors (Lipinski definition) is 2. The highest BCUT2D eigenvalue weighted by molar-refractivity contribution is 6.01. The van der Waals surface area contributed by atoms with Crippen LogP contribution in [0.5, 0.6) is 0 Å². The van der Waals surface area contributed by atoms with E-state index in [4.69, 9.17) is 5.11 Å². The van der Waals surface area contributed by atoms with Crippen LogP contribution in [0.4, 0.5) is 0 Å². The first kappa shape index (κ1) is 13.8. The third kappa shape index (κ3) is 1.84. The lowest BCUT2D eigenvalue weighted by atomic mass is 9.66. The molecule has 3 atom stereocenters. The van der Waals surface area contributed by atoms with Gasteiger partial charge < -0.3 is 10.2 Å². The molecule has 1 fully saturated rings. The van der Waals surface area contributed by atoms with Gasteiger partial charge in [0.15, 0.2) is 5.78 Å². The molecule has 2 N–H and O–H groups in total. The molecule has 102 valence electrons. The Morgan fingerprint density at radius 1 is 1.33 bits per heavy atom. The molecule has 0 spiro atoms. The number of hydrogen-bond acceptors (Lipinski definition) is 3. The van der Waals surface area contributed by atoms with Gasteiger partial charge >= 0.3 is 0 Å². The zero-order chi connectivity index (χ0) is 13.7. The Balaban J connectivity index is 2.42. The summed E-state index contributed by atoms with van der Waals surface area (Å²) in [5, 5.41) is 19.6. The van der Waals surface area contributed by atoms with E-state index >= 15 is 0 Å². The summed E-state index contributed by atoms with van der Waals surface area (Å²) in [5.41, 5.74) is 1.32. The van der Waals surface area contributed by atoms with Gasteiger partial charge in [-0.05, 0) is 37.2 Å². The first-order valence-corrected chi connectivity index (χ1v) is 6.76. The highest BCUT2D eigenvalue weighted by Crippen LogP contribution is 2.54. The zero-order valence-electron chi connectivity index (χ0n) is 11.8. The molecule has 2 aliphatic rings. The van der Waals surface area contributed by atoms with Crippen molar-refractivity contribution in [1.29, 1.82) is 0 Å². The Hall–Kier alpha value is -0.670. The Bertz CT molecular complexity index is 408. The Morgan fingerprint density at radius 3 is 2.50 bits per heavy atom. The lowest BCUT2D eigenvalue weighted by Gasteiger charge is -2.37. The van der Waals surface area contributed by atoms with E-state index in [1.54, 1.807) is 0 Å². The number of allylic oxidation sites excluding steroid dienone is 1. The maximum atomic E-state index is 12.4. The topological polar surface area (TPSA) is 57.5 Å². The molecule has 0 saturated heterocycles. The van der Waals surface area contributed by atoms with Crippen molar-refractivity contribution < 1.29 is 15.0 Å². The average molecular weight is 252 g/mol. The third-order valence-corrected chi connectivity index (χ3v) is 4.98. The van der Waals surface area contributed by atoms with Gasteiger partial charge in [-0.25, -0.2) is 0 Å². The predicted octanol–water partition coefficient (Wildman–Crippen LogP) is 2.07. The second-order valence-corrected chi connectivity index (χ2v) is 6.93. The van der Waals surface area contributed by atoms with Crippen molar-refractivity contribution in [2.24, 2.45) is 16.7 Å². The van der Waals surface area contributed by atoms with E-state index < -0.39 is 5.41 Å². The molecule has 0 heterocycles. The Labute approximate surface area is 109 Å². The minimum atomic E-state index is -0.506. The lowest BCUT2D eigenvalue weighted by molar-refractivity contribution is -0.127. The van der Waals surface area contributed by atoms with Crippen LogP contribution < -0.4 is 0 Å². The first-order chi connectivity index (χ1) is 8.23. The molecule has 0 bridgehead atoms. The summed E-state index contributed by atoms with van der Waals surface area (Å²) in [6.45, 7) is 7.95. The minimum Gasteiger partial charge on any atom is -0.396 e. The second-order valence-electron chi connectivity index (χ2n) is 6.93. The quantitative estimate of drug-likeness (QED) is 0.791. The number of aliphatic hydroxyl groups excluding tert-OH is 2. The predicted molar refractivity (Wildman–Crippen MR) is 70.0 cm³/mol. The van der Waals surface area contributed by atoms with Crippen LogP contribution in [-0.2, 0) is 4.79 Å². The van der Waals surface area contributed by atoms with Crippen molar-refractivity contribution in [3.63, 3.8) is 0 Å². The Morgan fingerprint density at radius 2 is 1.94 bits per heavy atom. The van der Waals surface area contributed by atoms with Crippen molar-refractivity contribution in [2.75, 3.05) is 6.61 Å². The van der Waals surface area contributed by atoms with E-state index in [0.29, 0.717) is 12.8 Å². The van der Waals surface area contributed by atoms with Crippen molar-refractivity contribution in [3.05, 3.63) is 11.1 Å². The van der Waals surface area contributed by atoms with Gasteiger partial charge in [-0.3, -0.25) is 4.79 Å². The number of rotatable bonds is 2. The van der Waals surface area contributed by atoms with E-state index in [9.17, 15) is 9.90 Å². The van der Waals surface area contributed by atoms with Crippen LogP contribution >= 0.6 is 0 Å². The SMILES string of the molecule is CC1=C2CC(C)(C)[C@H](O)[C@H]2C[C@](C)(CCO)C1=O. The van der Waals surface area contributed by atoms with Gasteiger partial charge in [-0.2, -0.15) is 0 Å². The monoisotopic (exact) mass is 252 g/mol. The van der Waals surface area contributed by atoms with Crippen molar-refractivity contribution in [1.82, 2.24) is 0 Å². The molecule has 3 heteroatoms. The van der Waals surface area contributed by atoms with Crippen LogP contribution in [0.2, 0.25) is 0 Å². The van der Waals surface area contributed by atoms with Gasteiger partial charge in [0.2, 0.25) is 0 Å². The van der Waals surface area contributed by atoms with E-state index in [-0.39, 0.29) is 29.8 Å². The van der Waals surface area contributed by atoms with Crippen LogP contribution in [-0.4, -0.2) is 28.7 Å². The summed E-state index contributed by atoms with van der Waals surface area (Å²) in [6, 6.07) is 0. The van der Waals surface area contributed by atoms with Crippen LogP contribution in [0.1, 0.15) is 47.0 Å². The molecule has 0 aromatic rings. The van der Waals surface area contributed by atoms with Crippen LogP contribution in [0.15, 0.2) is 11.1 Å². The highest BCUT2D eigenvalue weighted by atomic mass is 16.3. The standard InChI is InChI=1S/C15H24O3/c1-9-10-7-14(2,3)13(18)11(10)8-15(4,5-6-16)12(9)17/h11,13,16,18H,5-8H2,1-4H3/t11-,13+,15-/m0/s1. The molecule has 0 radical (unpaired) electrons. The van der Waals surface area contributed by atoms with Gasteiger partial charge in [-0.15, -0.1) is 0 Å². The molecule has 0 aliphatic heterocycles. The summed E-state index contributed by atoms with van der Waals surface area (Å²) in [7, 11) is 0. The molecule has 18 heavy (non-hydrogen) atoms. The lowest BCUT2D eigenvalue weighted by Crippen LogP contribution is -2.40. The maximum Gasteiger partial charge on any atom is 0.164 e. The molecule has 2 rings (SSSR count). The molecule has 0 aromatic heterocycles. The number of fused-ring (bicyclic) bond motifs is 1.